The fourth-order valence-electron chi connectivity index (χ4n) is 4.41. The third kappa shape index (κ3) is 4.18. The summed E-state index contributed by atoms with van der Waals surface area (Å²) in [7, 11) is 0. The summed E-state index contributed by atoms with van der Waals surface area (Å²) in [5.41, 5.74) is 1.05. The van der Waals surface area contributed by atoms with Gasteiger partial charge in [0, 0.05) is 28.2 Å². The van der Waals surface area contributed by atoms with Gasteiger partial charge in [-0.2, -0.15) is 0 Å². The molecule has 6 heteroatoms. The van der Waals surface area contributed by atoms with E-state index in [2.05, 4.69) is 10.3 Å². The van der Waals surface area contributed by atoms with Crippen molar-refractivity contribution in [3.8, 4) is 0 Å². The number of carbonyl (C=O) groups is 1. The molecule has 1 amide bonds. The van der Waals surface area contributed by atoms with Gasteiger partial charge in [0.05, 0.1) is 11.1 Å². The molecule has 1 heterocycles. The maximum absolute atomic E-state index is 13.8. The highest BCUT2D eigenvalue weighted by Gasteiger charge is 2.38. The van der Waals surface area contributed by atoms with Crippen molar-refractivity contribution in [3.05, 3.63) is 71.1 Å². The van der Waals surface area contributed by atoms with Crippen LogP contribution in [0.5, 0.6) is 0 Å². The second-order valence-electron chi connectivity index (χ2n) is 8.17. The Morgan fingerprint density at radius 1 is 1.20 bits per heavy atom. The smallest absolute Gasteiger partial charge is 0.227 e. The molecule has 30 heavy (non-hydrogen) atoms. The number of hydrogen-bond donors (Lipinski definition) is 2. The molecule has 0 saturated heterocycles. The normalized spacial score (nSPS) is 22.6. The molecule has 1 saturated carbocycles. The zero-order chi connectivity index (χ0) is 21.3. The molecule has 1 aliphatic rings. The molecule has 0 bridgehead atoms. The van der Waals surface area contributed by atoms with E-state index in [9.17, 15) is 14.3 Å². The monoisotopic (exact) mass is 426 g/mol. The van der Waals surface area contributed by atoms with E-state index in [4.69, 9.17) is 11.6 Å². The number of nitrogens with zero attached hydrogens (tertiary/aromatic N) is 1. The Morgan fingerprint density at radius 2 is 1.90 bits per heavy atom. The first-order valence-corrected chi connectivity index (χ1v) is 10.6. The second-order valence-corrected chi connectivity index (χ2v) is 8.61. The van der Waals surface area contributed by atoms with Crippen molar-refractivity contribution in [2.24, 2.45) is 11.8 Å². The molecular weight excluding hydrogens is 403 g/mol. The third-order valence-corrected chi connectivity index (χ3v) is 6.55. The van der Waals surface area contributed by atoms with Crippen LogP contribution in [0.3, 0.4) is 0 Å². The van der Waals surface area contributed by atoms with E-state index in [0.717, 1.165) is 0 Å². The van der Waals surface area contributed by atoms with E-state index in [1.54, 1.807) is 42.6 Å². The Balaban J connectivity index is 1.46. The zero-order valence-corrected chi connectivity index (χ0v) is 17.5. The first-order chi connectivity index (χ1) is 14.4. The molecule has 3 aromatic rings. The first-order valence-electron chi connectivity index (χ1n) is 10.2. The molecule has 1 fully saturated rings. The Kier molecular flexibility index (Phi) is 5.76. The second kappa shape index (κ2) is 8.32. The van der Waals surface area contributed by atoms with Gasteiger partial charge in [0.25, 0.3) is 0 Å². The van der Waals surface area contributed by atoms with Crippen molar-refractivity contribution in [2.75, 3.05) is 5.32 Å². The number of halogens is 2. The van der Waals surface area contributed by atoms with Gasteiger partial charge in [0.2, 0.25) is 5.91 Å². The molecule has 156 valence electrons. The summed E-state index contributed by atoms with van der Waals surface area (Å²) in [5.74, 6) is -0.398. The lowest BCUT2D eigenvalue weighted by atomic mass is 9.71. The molecule has 0 spiro atoms. The highest BCUT2D eigenvalue weighted by Crippen LogP contribution is 2.44. The first kappa shape index (κ1) is 20.8. The van der Waals surface area contributed by atoms with Crippen LogP contribution in [0.1, 0.15) is 38.2 Å². The van der Waals surface area contributed by atoms with Crippen molar-refractivity contribution in [2.45, 2.75) is 38.2 Å². The number of pyridine rings is 1. The number of benzene rings is 2. The van der Waals surface area contributed by atoms with E-state index >= 15 is 0 Å². The molecule has 1 aliphatic carbocycles. The maximum Gasteiger partial charge on any atom is 0.227 e. The highest BCUT2D eigenvalue weighted by atomic mass is 35.5. The summed E-state index contributed by atoms with van der Waals surface area (Å²) in [4.78, 5) is 17.0. The van der Waals surface area contributed by atoms with Crippen LogP contribution in [-0.2, 0) is 10.4 Å². The van der Waals surface area contributed by atoms with Crippen LogP contribution < -0.4 is 5.32 Å². The molecule has 1 aromatic heterocycles. The summed E-state index contributed by atoms with van der Waals surface area (Å²) >= 11 is 5.89. The van der Waals surface area contributed by atoms with E-state index in [0.29, 0.717) is 52.9 Å². The van der Waals surface area contributed by atoms with Crippen molar-refractivity contribution in [1.82, 2.24) is 4.98 Å². The van der Waals surface area contributed by atoms with Crippen LogP contribution >= 0.6 is 11.6 Å². The van der Waals surface area contributed by atoms with Crippen LogP contribution in [0, 0.1) is 17.7 Å². The highest BCUT2D eigenvalue weighted by molar-refractivity contribution is 6.30. The molecule has 4 rings (SSSR count). The van der Waals surface area contributed by atoms with Crippen molar-refractivity contribution in [3.63, 3.8) is 0 Å². The molecule has 0 radical (unpaired) electrons. The summed E-state index contributed by atoms with van der Waals surface area (Å²) in [6.07, 6.45) is 4.12. The molecule has 0 unspecified atom stereocenters. The molecule has 4 nitrogen and oxygen atoms in total. The van der Waals surface area contributed by atoms with Gasteiger partial charge in [0.1, 0.15) is 5.82 Å². The lowest BCUT2D eigenvalue weighted by molar-refractivity contribution is -0.122. The van der Waals surface area contributed by atoms with Crippen LogP contribution in [0.2, 0.25) is 5.02 Å². The van der Waals surface area contributed by atoms with Gasteiger partial charge in [-0.3, -0.25) is 9.78 Å². The summed E-state index contributed by atoms with van der Waals surface area (Å²) in [6, 6.07) is 13.3. The maximum atomic E-state index is 13.8. The lowest BCUT2D eigenvalue weighted by Crippen LogP contribution is -2.36. The van der Waals surface area contributed by atoms with E-state index in [1.807, 2.05) is 6.92 Å². The minimum atomic E-state index is -1.04. The van der Waals surface area contributed by atoms with Gasteiger partial charge in [-0.05, 0) is 85.7 Å². The minimum Gasteiger partial charge on any atom is -0.385 e. The molecule has 2 N–H and O–H groups in total. The number of aromatic nitrogens is 1. The average Bonchev–Trinajstić information content (AvgIpc) is 2.75. The fourth-order valence-corrected chi connectivity index (χ4v) is 4.54. The minimum absolute atomic E-state index is 0.0378. The summed E-state index contributed by atoms with van der Waals surface area (Å²) in [5, 5.41) is 15.6. The Bertz CT molecular complexity index is 1060. The van der Waals surface area contributed by atoms with Crippen LogP contribution in [0.4, 0.5) is 10.1 Å². The number of fused-ring (bicyclic) bond motifs is 1. The van der Waals surface area contributed by atoms with Crippen molar-refractivity contribution in [1.29, 1.82) is 0 Å². The Morgan fingerprint density at radius 3 is 2.60 bits per heavy atom. The van der Waals surface area contributed by atoms with E-state index in [1.165, 1.54) is 12.1 Å². The zero-order valence-electron chi connectivity index (χ0n) is 16.7. The van der Waals surface area contributed by atoms with Crippen LogP contribution in [-0.4, -0.2) is 16.0 Å². The van der Waals surface area contributed by atoms with Gasteiger partial charge in [-0.1, -0.05) is 18.5 Å². The predicted molar refractivity (Wildman–Crippen MR) is 117 cm³/mol. The Labute approximate surface area is 180 Å². The number of anilines is 1. The summed E-state index contributed by atoms with van der Waals surface area (Å²) in [6.45, 7) is 1.93. The van der Waals surface area contributed by atoms with Crippen molar-refractivity contribution < 1.29 is 14.3 Å². The topological polar surface area (TPSA) is 62.2 Å². The van der Waals surface area contributed by atoms with Crippen LogP contribution in [0.15, 0.2) is 54.7 Å². The van der Waals surface area contributed by atoms with E-state index in [-0.39, 0.29) is 23.6 Å². The molecule has 2 aromatic carbocycles. The number of rotatable bonds is 4. The molecular formula is C24H24ClFN2O2. The summed E-state index contributed by atoms with van der Waals surface area (Å²) < 4.78 is 13.8. The number of amides is 1. The van der Waals surface area contributed by atoms with Gasteiger partial charge in [-0.15, -0.1) is 0 Å². The Hall–Kier alpha value is -2.50. The lowest BCUT2D eigenvalue weighted by Gasteiger charge is -2.38. The van der Waals surface area contributed by atoms with E-state index < -0.39 is 5.60 Å². The van der Waals surface area contributed by atoms with Gasteiger partial charge in [-0.25, -0.2) is 4.39 Å². The number of aliphatic hydroxyl groups is 1. The number of carbonyl (C=O) groups excluding carboxylic acids is 1. The predicted octanol–water partition coefficient (Wildman–Crippen LogP) is 5.68. The largest absolute Gasteiger partial charge is 0.385 e. The number of nitrogens with one attached hydrogen (secondary N) is 1. The molecule has 1 atom stereocenters. The molecule has 0 aliphatic heterocycles. The quantitative estimate of drug-likeness (QED) is 0.564. The average molecular weight is 427 g/mol. The third-order valence-electron chi connectivity index (χ3n) is 6.29. The van der Waals surface area contributed by atoms with Gasteiger partial charge in [0.15, 0.2) is 0 Å². The van der Waals surface area contributed by atoms with Gasteiger partial charge >= 0.3 is 0 Å². The van der Waals surface area contributed by atoms with Crippen LogP contribution in [0.25, 0.3) is 10.9 Å². The number of hydrogen-bond acceptors (Lipinski definition) is 3. The fraction of sp³-hybridized carbons (Fsp3) is 0.333. The van der Waals surface area contributed by atoms with Crippen molar-refractivity contribution >= 4 is 34.1 Å². The van der Waals surface area contributed by atoms with Gasteiger partial charge < -0.3 is 10.4 Å². The SMILES string of the molecule is C[C@H](C(=O)Nc1ccc(Cl)cc1)[C@H]1CC[C@@](O)(c2ccnc3ccc(F)cc32)CC1. The standard InChI is InChI=1S/C24H24ClFN2O2/c1-15(23(29)28-19-5-2-17(25)3-6-19)16-8-11-24(30,12-9-16)21-10-13-27-22-7-4-18(26)14-20(21)22/h2-7,10,13-16,30H,8-9,11-12H2,1H3,(H,28,29)/t15-,16-,24-/m0/s1.